The summed E-state index contributed by atoms with van der Waals surface area (Å²) in [5.74, 6) is 0. The summed E-state index contributed by atoms with van der Waals surface area (Å²) >= 11 is 1.55. The number of thiophene rings is 1. The third kappa shape index (κ3) is 4.37. The zero-order chi connectivity index (χ0) is 15.3. The van der Waals surface area contributed by atoms with E-state index in [1.807, 2.05) is 25.4 Å². The molecule has 0 saturated heterocycles. The molecule has 21 heavy (non-hydrogen) atoms. The van der Waals surface area contributed by atoms with Crippen LogP contribution in [0, 0.1) is 6.92 Å². The minimum atomic E-state index is -3.51. The minimum Gasteiger partial charge on any atom is -0.320 e. The summed E-state index contributed by atoms with van der Waals surface area (Å²) in [5.41, 5.74) is 1.10. The van der Waals surface area contributed by atoms with Gasteiger partial charge in [0, 0.05) is 24.2 Å². The maximum absolute atomic E-state index is 12.2. The molecule has 0 saturated carbocycles. The average molecular weight is 328 g/mol. The van der Waals surface area contributed by atoms with Gasteiger partial charge in [-0.3, -0.25) is 4.68 Å². The lowest BCUT2D eigenvalue weighted by Crippen LogP contribution is -2.22. The highest BCUT2D eigenvalue weighted by atomic mass is 32.2. The molecule has 2 rings (SSSR count). The molecule has 0 aliphatic rings. The first kappa shape index (κ1) is 16.2. The number of aryl methyl sites for hydroxylation is 2. The molecule has 116 valence electrons. The van der Waals surface area contributed by atoms with Gasteiger partial charge >= 0.3 is 0 Å². The van der Waals surface area contributed by atoms with Gasteiger partial charge in [-0.1, -0.05) is 0 Å². The Morgan fingerprint density at radius 2 is 2.24 bits per heavy atom. The van der Waals surface area contributed by atoms with E-state index in [1.165, 1.54) is 6.20 Å². The van der Waals surface area contributed by atoms with Crippen LogP contribution in [0.25, 0.3) is 0 Å². The highest BCUT2D eigenvalue weighted by molar-refractivity contribution is 7.89. The molecule has 0 spiro atoms. The van der Waals surface area contributed by atoms with E-state index >= 15 is 0 Å². The van der Waals surface area contributed by atoms with Crippen LogP contribution in [0.3, 0.4) is 0 Å². The van der Waals surface area contributed by atoms with E-state index in [0.717, 1.165) is 23.4 Å². The second-order valence-corrected chi connectivity index (χ2v) is 7.52. The van der Waals surface area contributed by atoms with Crippen LogP contribution in [0.2, 0.25) is 0 Å². The summed E-state index contributed by atoms with van der Waals surface area (Å²) in [6, 6.07) is 1.98. The largest absolute Gasteiger partial charge is 0.320 e. The molecule has 6 nitrogen and oxygen atoms in total. The zero-order valence-electron chi connectivity index (χ0n) is 12.2. The minimum absolute atomic E-state index is 0.209. The maximum atomic E-state index is 12.2. The molecule has 0 amide bonds. The molecule has 0 atom stereocenters. The van der Waals surface area contributed by atoms with Gasteiger partial charge in [0.1, 0.15) is 4.90 Å². The van der Waals surface area contributed by atoms with E-state index in [2.05, 4.69) is 15.1 Å². The first-order valence-electron chi connectivity index (χ1n) is 6.72. The molecule has 0 bridgehead atoms. The van der Waals surface area contributed by atoms with Crippen molar-refractivity contribution in [2.75, 3.05) is 13.6 Å². The van der Waals surface area contributed by atoms with Gasteiger partial charge in [-0.2, -0.15) is 5.10 Å². The first-order valence-corrected chi connectivity index (χ1v) is 9.09. The van der Waals surface area contributed by atoms with Crippen LogP contribution in [0.15, 0.2) is 28.7 Å². The molecule has 2 aromatic heterocycles. The summed E-state index contributed by atoms with van der Waals surface area (Å²) < 4.78 is 28.7. The quantitative estimate of drug-likeness (QED) is 0.717. The lowest BCUT2D eigenvalue weighted by molar-refractivity contribution is 0.560. The van der Waals surface area contributed by atoms with Crippen molar-refractivity contribution in [2.45, 2.75) is 31.3 Å². The van der Waals surface area contributed by atoms with Crippen molar-refractivity contribution in [3.63, 3.8) is 0 Å². The number of aromatic nitrogens is 2. The van der Waals surface area contributed by atoms with E-state index in [9.17, 15) is 8.42 Å². The van der Waals surface area contributed by atoms with E-state index in [1.54, 1.807) is 22.2 Å². The molecule has 0 fully saturated rings. The molecule has 2 heterocycles. The van der Waals surface area contributed by atoms with Gasteiger partial charge in [-0.15, -0.1) is 11.3 Å². The van der Waals surface area contributed by atoms with Crippen molar-refractivity contribution in [3.05, 3.63) is 34.3 Å². The normalized spacial score (nSPS) is 11.9. The van der Waals surface area contributed by atoms with E-state index in [0.29, 0.717) is 13.1 Å². The SMILES string of the molecule is CNCCCn1cc(S(=O)(=O)NCc2sccc2C)cn1. The predicted molar refractivity (Wildman–Crippen MR) is 83.9 cm³/mol. The van der Waals surface area contributed by atoms with Crippen LogP contribution < -0.4 is 10.0 Å². The van der Waals surface area contributed by atoms with Crippen molar-refractivity contribution in [3.8, 4) is 0 Å². The zero-order valence-corrected chi connectivity index (χ0v) is 13.8. The maximum Gasteiger partial charge on any atom is 0.244 e. The van der Waals surface area contributed by atoms with Gasteiger partial charge in [0.05, 0.1) is 6.20 Å². The summed E-state index contributed by atoms with van der Waals surface area (Å²) in [7, 11) is -1.62. The predicted octanol–water partition coefficient (Wildman–Crippen LogP) is 1.34. The highest BCUT2D eigenvalue weighted by Crippen LogP contribution is 2.16. The monoisotopic (exact) mass is 328 g/mol. The molecule has 0 unspecified atom stereocenters. The number of hydrogen-bond donors (Lipinski definition) is 2. The summed E-state index contributed by atoms with van der Waals surface area (Å²) in [5, 5.41) is 9.09. The number of nitrogens with one attached hydrogen (secondary N) is 2. The average Bonchev–Trinajstić information content (AvgIpc) is 3.06. The second-order valence-electron chi connectivity index (χ2n) is 4.75. The van der Waals surface area contributed by atoms with Crippen LogP contribution >= 0.6 is 11.3 Å². The Hall–Kier alpha value is -1.22. The third-order valence-corrected chi connectivity index (χ3v) is 5.50. The fourth-order valence-electron chi connectivity index (χ4n) is 1.85. The number of hydrogen-bond acceptors (Lipinski definition) is 5. The van der Waals surface area contributed by atoms with Crippen LogP contribution in [0.1, 0.15) is 16.9 Å². The highest BCUT2D eigenvalue weighted by Gasteiger charge is 2.16. The van der Waals surface area contributed by atoms with Crippen LogP contribution in [-0.2, 0) is 23.1 Å². The third-order valence-electron chi connectivity index (χ3n) is 3.12. The Morgan fingerprint density at radius 3 is 2.90 bits per heavy atom. The van der Waals surface area contributed by atoms with Gasteiger partial charge in [0.15, 0.2) is 0 Å². The molecular weight excluding hydrogens is 308 g/mol. The standard InChI is InChI=1S/C13H20N4O2S2/c1-11-4-7-20-13(11)9-16-21(18,19)12-8-15-17(10-12)6-3-5-14-2/h4,7-8,10,14,16H,3,5-6,9H2,1-2H3. The van der Waals surface area contributed by atoms with Gasteiger partial charge in [0.2, 0.25) is 10.0 Å². The first-order chi connectivity index (χ1) is 10.0. The van der Waals surface area contributed by atoms with Crippen LogP contribution in [0.4, 0.5) is 0 Å². The van der Waals surface area contributed by atoms with Crippen molar-refractivity contribution >= 4 is 21.4 Å². The molecule has 0 aromatic carbocycles. The Balaban J connectivity index is 1.97. The molecule has 0 aliphatic carbocycles. The number of rotatable bonds is 8. The van der Waals surface area contributed by atoms with Crippen molar-refractivity contribution in [1.82, 2.24) is 19.8 Å². The fourth-order valence-corrected chi connectivity index (χ4v) is 3.74. The van der Waals surface area contributed by atoms with Gasteiger partial charge in [0.25, 0.3) is 0 Å². The van der Waals surface area contributed by atoms with Gasteiger partial charge in [-0.05, 0) is 43.9 Å². The number of nitrogens with zero attached hydrogens (tertiary/aromatic N) is 2. The second kappa shape index (κ2) is 7.17. The van der Waals surface area contributed by atoms with E-state index < -0.39 is 10.0 Å². The lowest BCUT2D eigenvalue weighted by Gasteiger charge is -2.04. The Bertz CT molecular complexity index is 676. The van der Waals surface area contributed by atoms with Crippen molar-refractivity contribution in [1.29, 1.82) is 0 Å². The smallest absolute Gasteiger partial charge is 0.244 e. The lowest BCUT2D eigenvalue weighted by atomic mass is 10.3. The van der Waals surface area contributed by atoms with Crippen LogP contribution in [-0.4, -0.2) is 31.8 Å². The number of sulfonamides is 1. The molecular formula is C13H20N4O2S2. The summed E-state index contributed by atoms with van der Waals surface area (Å²) in [6.07, 6.45) is 3.86. The van der Waals surface area contributed by atoms with E-state index in [4.69, 9.17) is 0 Å². The van der Waals surface area contributed by atoms with Crippen LogP contribution in [0.5, 0.6) is 0 Å². The van der Waals surface area contributed by atoms with Gasteiger partial charge in [-0.25, -0.2) is 13.1 Å². The molecule has 2 N–H and O–H groups in total. The molecule has 8 heteroatoms. The Morgan fingerprint density at radius 1 is 1.43 bits per heavy atom. The summed E-state index contributed by atoms with van der Waals surface area (Å²) in [4.78, 5) is 1.24. The van der Waals surface area contributed by atoms with Gasteiger partial charge < -0.3 is 5.32 Å². The Labute approximate surface area is 129 Å². The molecule has 2 aromatic rings. The van der Waals surface area contributed by atoms with Crippen molar-refractivity contribution < 1.29 is 8.42 Å². The Kier molecular flexibility index (Phi) is 5.51. The topological polar surface area (TPSA) is 76.0 Å². The molecule has 0 aliphatic heterocycles. The van der Waals surface area contributed by atoms with Crippen molar-refractivity contribution in [2.24, 2.45) is 0 Å². The molecule has 0 radical (unpaired) electrons. The fraction of sp³-hybridized carbons (Fsp3) is 0.462. The summed E-state index contributed by atoms with van der Waals surface area (Å²) in [6.45, 7) is 3.86. The van der Waals surface area contributed by atoms with E-state index in [-0.39, 0.29) is 4.90 Å².